The van der Waals surface area contributed by atoms with Crippen molar-refractivity contribution in [1.82, 2.24) is 15.5 Å². The van der Waals surface area contributed by atoms with E-state index in [0.29, 0.717) is 22.9 Å². The molecule has 1 heterocycles. The first-order chi connectivity index (χ1) is 11.2. The number of carbonyl (C=O) groups is 2. The number of carboxylic acid groups (broad SMARTS) is 1. The Kier molecular flexibility index (Phi) is 5.02. The van der Waals surface area contributed by atoms with Crippen LogP contribution in [0.3, 0.4) is 0 Å². The zero-order valence-corrected chi connectivity index (χ0v) is 14.2. The Morgan fingerprint density at radius 1 is 1.25 bits per heavy atom. The highest BCUT2D eigenvalue weighted by molar-refractivity contribution is 5.95. The Balaban J connectivity index is 2.16. The summed E-state index contributed by atoms with van der Waals surface area (Å²) in [5, 5.41) is 19.6. The molecule has 1 atom stereocenters. The van der Waals surface area contributed by atoms with E-state index in [-0.39, 0.29) is 18.2 Å². The smallest absolute Gasteiger partial charge is 0.305 e. The van der Waals surface area contributed by atoms with E-state index in [4.69, 9.17) is 9.52 Å². The first-order valence-electron chi connectivity index (χ1n) is 7.66. The topological polar surface area (TPSA) is 105 Å². The van der Waals surface area contributed by atoms with E-state index in [9.17, 15) is 9.59 Å². The summed E-state index contributed by atoms with van der Waals surface area (Å²) in [6.45, 7) is 7.20. The molecule has 0 fully saturated rings. The number of hydrogen-bond acceptors (Lipinski definition) is 5. The van der Waals surface area contributed by atoms with E-state index < -0.39 is 11.5 Å². The van der Waals surface area contributed by atoms with Crippen LogP contribution in [0.5, 0.6) is 0 Å². The minimum absolute atomic E-state index is 0.0295. The molecule has 1 amide bonds. The lowest BCUT2D eigenvalue weighted by atomic mass is 9.85. The molecule has 0 aliphatic rings. The second-order valence-electron chi connectivity index (χ2n) is 6.30. The van der Waals surface area contributed by atoms with Gasteiger partial charge < -0.3 is 14.8 Å². The molecule has 1 aromatic heterocycles. The summed E-state index contributed by atoms with van der Waals surface area (Å²) < 4.78 is 5.34. The van der Waals surface area contributed by atoms with Crippen molar-refractivity contribution in [1.29, 1.82) is 0 Å². The normalized spacial score (nSPS) is 13.5. The molecule has 1 aromatic carbocycles. The molecule has 1 unspecified atom stereocenters. The molecule has 0 spiro atoms. The molecule has 0 aliphatic heterocycles. The van der Waals surface area contributed by atoms with E-state index >= 15 is 0 Å². The Labute approximate surface area is 140 Å². The highest BCUT2D eigenvalue weighted by Gasteiger charge is 2.33. The lowest BCUT2D eigenvalue weighted by Gasteiger charge is -2.33. The lowest BCUT2D eigenvalue weighted by molar-refractivity contribution is -0.138. The van der Waals surface area contributed by atoms with Gasteiger partial charge in [0, 0.05) is 18.1 Å². The van der Waals surface area contributed by atoms with Crippen LogP contribution in [0.1, 0.15) is 43.4 Å². The quantitative estimate of drug-likeness (QED) is 0.843. The van der Waals surface area contributed by atoms with Crippen LogP contribution >= 0.6 is 0 Å². The maximum Gasteiger partial charge on any atom is 0.305 e. The van der Waals surface area contributed by atoms with Crippen molar-refractivity contribution in [2.45, 2.75) is 39.7 Å². The van der Waals surface area contributed by atoms with Gasteiger partial charge in [0.15, 0.2) is 0 Å². The Morgan fingerprint density at radius 2 is 1.88 bits per heavy atom. The van der Waals surface area contributed by atoms with Crippen molar-refractivity contribution >= 4 is 11.9 Å². The number of rotatable bonds is 6. The number of carboxylic acids is 1. The number of carbonyl (C=O) groups excluding carboxylic acids is 1. The van der Waals surface area contributed by atoms with Crippen molar-refractivity contribution in [3.8, 4) is 11.5 Å². The molecule has 24 heavy (non-hydrogen) atoms. The Morgan fingerprint density at radius 3 is 2.33 bits per heavy atom. The Bertz CT molecular complexity index is 737. The summed E-state index contributed by atoms with van der Waals surface area (Å²) in [5.74, 6) is -0.446. The van der Waals surface area contributed by atoms with Crippen LogP contribution in [0.2, 0.25) is 0 Å². The van der Waals surface area contributed by atoms with E-state index in [0.717, 1.165) is 0 Å². The van der Waals surface area contributed by atoms with Crippen molar-refractivity contribution in [3.63, 3.8) is 0 Å². The highest BCUT2D eigenvalue weighted by Crippen LogP contribution is 2.22. The summed E-state index contributed by atoms with van der Waals surface area (Å²) in [4.78, 5) is 23.5. The van der Waals surface area contributed by atoms with Crippen LogP contribution in [0, 0.1) is 12.8 Å². The van der Waals surface area contributed by atoms with Gasteiger partial charge in [-0.05, 0) is 37.1 Å². The van der Waals surface area contributed by atoms with Crippen LogP contribution in [-0.2, 0) is 4.79 Å². The van der Waals surface area contributed by atoms with Crippen LogP contribution in [-0.4, -0.2) is 32.7 Å². The maximum atomic E-state index is 12.4. The van der Waals surface area contributed by atoms with Gasteiger partial charge in [-0.25, -0.2) is 0 Å². The summed E-state index contributed by atoms with van der Waals surface area (Å²) in [5.41, 5.74) is 0.321. The van der Waals surface area contributed by atoms with Gasteiger partial charge in [-0.2, -0.15) is 0 Å². The summed E-state index contributed by atoms with van der Waals surface area (Å²) in [6, 6.07) is 6.72. The minimum Gasteiger partial charge on any atom is -0.481 e. The van der Waals surface area contributed by atoms with Gasteiger partial charge in [-0.15, -0.1) is 10.2 Å². The number of benzene rings is 1. The van der Waals surface area contributed by atoms with Crippen molar-refractivity contribution in [3.05, 3.63) is 35.7 Å². The fourth-order valence-corrected chi connectivity index (χ4v) is 2.22. The lowest BCUT2D eigenvalue weighted by Crippen LogP contribution is -2.51. The maximum absolute atomic E-state index is 12.4. The van der Waals surface area contributed by atoms with Crippen molar-refractivity contribution < 1.29 is 19.1 Å². The fourth-order valence-electron chi connectivity index (χ4n) is 2.22. The van der Waals surface area contributed by atoms with Crippen LogP contribution in [0.15, 0.2) is 28.7 Å². The van der Waals surface area contributed by atoms with Crippen molar-refractivity contribution in [2.75, 3.05) is 0 Å². The van der Waals surface area contributed by atoms with Gasteiger partial charge in [-0.1, -0.05) is 13.8 Å². The van der Waals surface area contributed by atoms with Crippen LogP contribution in [0.25, 0.3) is 11.5 Å². The van der Waals surface area contributed by atoms with Crippen LogP contribution < -0.4 is 5.32 Å². The largest absolute Gasteiger partial charge is 0.481 e. The summed E-state index contributed by atoms with van der Waals surface area (Å²) >= 11 is 0. The third-order valence-corrected chi connectivity index (χ3v) is 4.11. The predicted molar refractivity (Wildman–Crippen MR) is 87.4 cm³/mol. The van der Waals surface area contributed by atoms with Crippen LogP contribution in [0.4, 0.5) is 0 Å². The van der Waals surface area contributed by atoms with E-state index in [1.54, 1.807) is 38.1 Å². The number of hydrogen-bond donors (Lipinski definition) is 2. The molecule has 0 aliphatic carbocycles. The fraction of sp³-hybridized carbons (Fsp3) is 0.412. The zero-order valence-electron chi connectivity index (χ0n) is 14.2. The number of aromatic nitrogens is 2. The van der Waals surface area contributed by atoms with Gasteiger partial charge >= 0.3 is 5.97 Å². The molecule has 0 radical (unpaired) electrons. The summed E-state index contributed by atoms with van der Waals surface area (Å²) in [7, 11) is 0. The number of aliphatic carboxylic acids is 1. The van der Waals surface area contributed by atoms with Gasteiger partial charge in [0.2, 0.25) is 11.8 Å². The third kappa shape index (κ3) is 3.98. The number of aryl methyl sites for hydroxylation is 1. The molecule has 128 valence electrons. The van der Waals surface area contributed by atoms with Gasteiger partial charge in [0.1, 0.15) is 0 Å². The molecule has 2 N–H and O–H groups in total. The monoisotopic (exact) mass is 331 g/mol. The second kappa shape index (κ2) is 6.82. The van der Waals surface area contributed by atoms with Gasteiger partial charge in [0.05, 0.1) is 12.0 Å². The molecular weight excluding hydrogens is 310 g/mol. The van der Waals surface area contributed by atoms with Crippen molar-refractivity contribution in [2.24, 2.45) is 5.92 Å². The average molecular weight is 331 g/mol. The Hall–Kier alpha value is -2.70. The zero-order chi connectivity index (χ0) is 17.9. The molecule has 7 nitrogen and oxygen atoms in total. The number of nitrogens with one attached hydrogen (secondary N) is 1. The molecular formula is C17H21N3O4. The predicted octanol–water partition coefficient (Wildman–Crippen LogP) is 2.66. The first kappa shape index (κ1) is 17.7. The number of nitrogens with zero attached hydrogens (tertiary/aromatic N) is 2. The SMILES string of the molecule is Cc1nnc(-c2ccc(C(=O)NC(C)(CC(=O)O)C(C)C)cc2)o1. The average Bonchev–Trinajstić information content (AvgIpc) is 2.93. The molecule has 2 aromatic rings. The van der Waals surface area contributed by atoms with E-state index in [1.807, 2.05) is 13.8 Å². The van der Waals surface area contributed by atoms with Gasteiger partial charge in [0.25, 0.3) is 5.91 Å². The van der Waals surface area contributed by atoms with Gasteiger partial charge in [-0.3, -0.25) is 9.59 Å². The minimum atomic E-state index is -0.950. The molecule has 0 saturated carbocycles. The molecule has 7 heteroatoms. The van der Waals surface area contributed by atoms with E-state index in [1.165, 1.54) is 0 Å². The summed E-state index contributed by atoms with van der Waals surface area (Å²) in [6.07, 6.45) is -0.143. The molecule has 2 rings (SSSR count). The standard InChI is InChI=1S/C17H21N3O4/c1-10(2)17(4,9-14(21)22)18-15(23)12-5-7-13(8-6-12)16-20-19-11(3)24-16/h5-8,10H,9H2,1-4H3,(H,18,23)(H,21,22). The molecule has 0 bridgehead atoms. The third-order valence-electron chi connectivity index (χ3n) is 4.11. The first-order valence-corrected chi connectivity index (χ1v) is 7.66. The highest BCUT2D eigenvalue weighted by atomic mass is 16.4. The number of amides is 1. The molecule has 0 saturated heterocycles. The van der Waals surface area contributed by atoms with E-state index in [2.05, 4.69) is 15.5 Å². The second-order valence-corrected chi connectivity index (χ2v) is 6.30.